The van der Waals surface area contributed by atoms with Gasteiger partial charge in [0.1, 0.15) is 0 Å². The van der Waals surface area contributed by atoms with Crippen molar-refractivity contribution in [1.29, 1.82) is 0 Å². The van der Waals surface area contributed by atoms with Crippen molar-refractivity contribution in [3.63, 3.8) is 0 Å². The van der Waals surface area contributed by atoms with Gasteiger partial charge in [-0.1, -0.05) is 140 Å². The van der Waals surface area contributed by atoms with E-state index < -0.39 is 0 Å². The summed E-state index contributed by atoms with van der Waals surface area (Å²) in [5.41, 5.74) is 21.8. The second-order valence-electron chi connectivity index (χ2n) is 16.3. The molecule has 1 atom stereocenters. The third-order valence-electron chi connectivity index (χ3n) is 10.5. The fourth-order valence-corrected chi connectivity index (χ4v) is 8.33. The Morgan fingerprint density at radius 2 is 1.29 bits per heavy atom. The molecular formula is C52H58Cl2Zr-2. The summed E-state index contributed by atoms with van der Waals surface area (Å²) in [6, 6.07) is 34.9. The normalized spacial score (nSPS) is 13.5. The molecule has 2 aliphatic carbocycles. The quantitative estimate of drug-likeness (QED) is 0.149. The van der Waals surface area contributed by atoms with E-state index in [0.717, 1.165) is 6.42 Å². The number of unbranched alkanes of at least 4 members (excludes halogenated alkanes) is 1. The Morgan fingerprint density at radius 3 is 1.80 bits per heavy atom. The molecule has 5 aromatic rings. The van der Waals surface area contributed by atoms with Crippen LogP contribution in [0.25, 0.3) is 33.4 Å². The summed E-state index contributed by atoms with van der Waals surface area (Å²) in [5, 5.41) is 0. The van der Waals surface area contributed by atoms with Crippen molar-refractivity contribution in [3.05, 3.63) is 165 Å². The maximum Gasteiger partial charge on any atom is -0.0125 e. The van der Waals surface area contributed by atoms with E-state index in [0.29, 0.717) is 11.3 Å². The first kappa shape index (κ1) is 46.3. The van der Waals surface area contributed by atoms with Crippen LogP contribution in [0.3, 0.4) is 0 Å². The predicted octanol–water partition coefficient (Wildman–Crippen LogP) is 8.16. The largest absolute Gasteiger partial charge is 1.00 e. The topological polar surface area (TPSA) is 0 Å². The van der Waals surface area contributed by atoms with Gasteiger partial charge in [0.15, 0.2) is 0 Å². The molecule has 286 valence electrons. The molecule has 0 amide bonds. The van der Waals surface area contributed by atoms with Crippen LogP contribution < -0.4 is 24.8 Å². The van der Waals surface area contributed by atoms with Crippen molar-refractivity contribution in [2.45, 2.75) is 102 Å². The van der Waals surface area contributed by atoms with Gasteiger partial charge in [0.05, 0.1) is 0 Å². The zero-order valence-electron chi connectivity index (χ0n) is 34.9. The second kappa shape index (κ2) is 20.4. The van der Waals surface area contributed by atoms with Gasteiger partial charge in [-0.05, 0) is 75.8 Å². The van der Waals surface area contributed by atoms with Crippen molar-refractivity contribution in [2.24, 2.45) is 11.3 Å². The van der Waals surface area contributed by atoms with Crippen LogP contribution in [0.1, 0.15) is 104 Å². The average Bonchev–Trinajstić information content (AvgIpc) is 3.72. The van der Waals surface area contributed by atoms with Gasteiger partial charge in [-0.2, -0.15) is 11.6 Å². The standard InChI is InChI=1S/C31H29.C13H21.C8H8.2ClH.Zr/c1-18-11-20(3)30(21(4)12-18)24-7-9-28-26(15-24)17-27-16-25(8-10-29(27)28)31-22(5)13-19(2)14-23(31)6;1-5-6-7-11-8-9-12(10-11)13(2,3)4;1-2-8-6-4-3-5-7-8;;;/h7-15H,17H2,1-6H3;9-11H,5-7H2,1-4H3;3-7H,1H3;2*1H;/q2*-1;;;;+2/p-2. The Balaban J connectivity index is 0.000000280. The maximum absolute atomic E-state index is 3.78. The minimum Gasteiger partial charge on any atom is -1.00 e. The summed E-state index contributed by atoms with van der Waals surface area (Å²) in [5.74, 6) is 0.592. The number of benzene rings is 5. The van der Waals surface area contributed by atoms with E-state index in [4.69, 9.17) is 0 Å². The SMILES string of the molecule is CCCCC1[C-]=CC(C(C)(C)C)=C1.C[C](=[Zr+2])c1ccccc1.Cc1cc(C)c(-c2[c-]c3c(cc2)-c2ccc(-c4c(C)cc(C)cc4C)cc2C3)c(C)c1.[Cl-].[Cl-]. The third kappa shape index (κ3) is 11.7. The third-order valence-corrected chi connectivity index (χ3v) is 11.2. The van der Waals surface area contributed by atoms with Crippen LogP contribution in [0.2, 0.25) is 0 Å². The van der Waals surface area contributed by atoms with Gasteiger partial charge >= 0.3 is 70.3 Å². The first-order chi connectivity index (χ1) is 25.2. The summed E-state index contributed by atoms with van der Waals surface area (Å²) in [6.07, 6.45) is 12.8. The smallest absolute Gasteiger partial charge is 0.0125 e. The molecule has 0 saturated carbocycles. The molecule has 0 aromatic heterocycles. The summed E-state index contributed by atoms with van der Waals surface area (Å²) in [7, 11) is 0. The van der Waals surface area contributed by atoms with Crippen molar-refractivity contribution >= 4 is 3.21 Å². The van der Waals surface area contributed by atoms with Crippen LogP contribution in [0.15, 0.2) is 103 Å². The summed E-state index contributed by atoms with van der Waals surface area (Å²) < 4.78 is 1.46. The van der Waals surface area contributed by atoms with E-state index in [9.17, 15) is 0 Å². The molecule has 0 spiro atoms. The Kier molecular flexibility index (Phi) is 17.1. The molecule has 1 unspecified atom stereocenters. The molecule has 2 aliphatic rings. The monoisotopic (exact) mass is 842 g/mol. The molecule has 0 bridgehead atoms. The fourth-order valence-electron chi connectivity index (χ4n) is 7.92. The van der Waals surface area contributed by atoms with E-state index in [1.807, 2.05) is 6.07 Å². The maximum atomic E-state index is 3.78. The van der Waals surface area contributed by atoms with E-state index >= 15 is 0 Å². The average molecular weight is 845 g/mol. The van der Waals surface area contributed by atoms with E-state index in [1.165, 1.54) is 136 Å². The molecule has 0 N–H and O–H groups in total. The van der Waals surface area contributed by atoms with E-state index in [-0.39, 0.29) is 24.8 Å². The van der Waals surface area contributed by atoms with Crippen LogP contribution in [-0.2, 0) is 30.7 Å². The van der Waals surface area contributed by atoms with Crippen molar-refractivity contribution < 1.29 is 49.0 Å². The molecule has 0 saturated heterocycles. The Morgan fingerprint density at radius 1 is 0.727 bits per heavy atom. The molecule has 0 aliphatic heterocycles. The van der Waals surface area contributed by atoms with Crippen molar-refractivity contribution in [3.8, 4) is 33.4 Å². The van der Waals surface area contributed by atoms with Crippen LogP contribution in [0.4, 0.5) is 0 Å². The zero-order chi connectivity index (χ0) is 38.4. The Hall–Kier alpha value is -3.09. The number of hydrogen-bond donors (Lipinski definition) is 0. The number of rotatable bonds is 6. The summed E-state index contributed by atoms with van der Waals surface area (Å²) >= 11 is 1.51. The van der Waals surface area contributed by atoms with Crippen LogP contribution in [0, 0.1) is 65.0 Å². The number of hydrogen-bond acceptors (Lipinski definition) is 0. The summed E-state index contributed by atoms with van der Waals surface area (Å²) in [6.45, 7) is 24.4. The van der Waals surface area contributed by atoms with Gasteiger partial charge in [-0.25, -0.2) is 6.08 Å². The summed E-state index contributed by atoms with van der Waals surface area (Å²) in [4.78, 5) is 0. The van der Waals surface area contributed by atoms with Gasteiger partial charge in [0.2, 0.25) is 0 Å². The minimum atomic E-state index is 0. The first-order valence-electron chi connectivity index (χ1n) is 19.4. The zero-order valence-corrected chi connectivity index (χ0v) is 38.9. The molecule has 5 aromatic carbocycles. The number of aryl methyl sites for hydroxylation is 6. The number of halogens is 2. The molecule has 3 heteroatoms. The molecule has 0 nitrogen and oxygen atoms in total. The molecular weight excluding hydrogens is 787 g/mol. The van der Waals surface area contributed by atoms with Gasteiger partial charge in [0, 0.05) is 0 Å². The number of allylic oxidation sites excluding steroid dienone is 4. The molecule has 0 heterocycles. The van der Waals surface area contributed by atoms with Crippen molar-refractivity contribution in [2.75, 3.05) is 0 Å². The number of fused-ring (bicyclic) bond motifs is 3. The van der Waals surface area contributed by atoms with Gasteiger partial charge in [0.25, 0.3) is 0 Å². The van der Waals surface area contributed by atoms with Crippen LogP contribution >= 0.6 is 0 Å². The van der Waals surface area contributed by atoms with Crippen molar-refractivity contribution in [1.82, 2.24) is 0 Å². The van der Waals surface area contributed by atoms with Gasteiger partial charge in [-0.15, -0.1) is 29.3 Å². The van der Waals surface area contributed by atoms with Gasteiger partial charge in [-0.3, -0.25) is 6.08 Å². The minimum absolute atomic E-state index is 0. The van der Waals surface area contributed by atoms with Gasteiger partial charge < -0.3 is 24.8 Å². The first-order valence-corrected chi connectivity index (χ1v) is 20.7. The molecule has 0 fully saturated rings. The van der Waals surface area contributed by atoms with Crippen LogP contribution in [0.5, 0.6) is 0 Å². The van der Waals surface area contributed by atoms with E-state index in [1.54, 1.807) is 0 Å². The fraction of sp³-hybridized carbons (Fsp3) is 0.327. The second-order valence-corrected chi connectivity index (χ2v) is 18.1. The molecule has 7 rings (SSSR count). The van der Waals surface area contributed by atoms with Crippen LogP contribution in [-0.4, -0.2) is 3.21 Å². The Labute approximate surface area is 361 Å². The molecule has 0 radical (unpaired) electrons. The van der Waals surface area contributed by atoms with E-state index in [2.05, 4.69) is 179 Å². The predicted molar refractivity (Wildman–Crippen MR) is 227 cm³/mol. The molecule has 55 heavy (non-hydrogen) atoms. The Bertz CT molecular complexity index is 2010.